The molecule has 0 spiro atoms. The van der Waals surface area contributed by atoms with Crippen LogP contribution in [0.3, 0.4) is 0 Å². The summed E-state index contributed by atoms with van der Waals surface area (Å²) in [4.78, 5) is 6.90. The summed E-state index contributed by atoms with van der Waals surface area (Å²) >= 11 is 1.85. The van der Waals surface area contributed by atoms with Crippen LogP contribution in [0.4, 0.5) is 0 Å². The van der Waals surface area contributed by atoms with Gasteiger partial charge in [-0.3, -0.25) is 4.99 Å². The van der Waals surface area contributed by atoms with E-state index in [1.165, 1.54) is 12.8 Å². The van der Waals surface area contributed by atoms with Gasteiger partial charge in [0.25, 0.3) is 0 Å². The van der Waals surface area contributed by atoms with Crippen LogP contribution in [0, 0.1) is 5.92 Å². The van der Waals surface area contributed by atoms with E-state index in [0.717, 1.165) is 44.7 Å². The fourth-order valence-electron chi connectivity index (χ4n) is 1.64. The maximum absolute atomic E-state index is 5.69. The highest BCUT2D eigenvalue weighted by atomic mass is 32.2. The van der Waals surface area contributed by atoms with Gasteiger partial charge in [0.2, 0.25) is 0 Å². The van der Waals surface area contributed by atoms with Crippen LogP contribution in [-0.4, -0.2) is 61.8 Å². The van der Waals surface area contributed by atoms with Crippen LogP contribution in [0.5, 0.6) is 0 Å². The minimum Gasteiger partial charge on any atom is -0.379 e. The number of nitrogens with one attached hydrogen (secondary N) is 1. The minimum absolute atomic E-state index is 0.185. The second-order valence-corrected chi connectivity index (χ2v) is 7.59. The molecule has 1 fully saturated rings. The average molecular weight is 302 g/mol. The Bertz CT molecular complexity index is 303. The fraction of sp³-hybridized carbons (Fsp3) is 0.933. The maximum Gasteiger partial charge on any atom is 0.193 e. The van der Waals surface area contributed by atoms with E-state index in [2.05, 4.69) is 44.3 Å². The highest BCUT2D eigenvalue weighted by Gasteiger charge is 2.21. The Morgan fingerprint density at radius 3 is 2.70 bits per heavy atom. The van der Waals surface area contributed by atoms with Gasteiger partial charge in [-0.05, 0) is 45.8 Å². The van der Waals surface area contributed by atoms with Gasteiger partial charge in [-0.1, -0.05) is 0 Å². The van der Waals surface area contributed by atoms with E-state index in [1.807, 2.05) is 11.8 Å². The topological polar surface area (TPSA) is 36.9 Å². The van der Waals surface area contributed by atoms with Gasteiger partial charge < -0.3 is 15.0 Å². The second-order valence-electron chi connectivity index (χ2n) is 6.07. The third kappa shape index (κ3) is 7.39. The number of nitrogens with zero attached hydrogens (tertiary/aromatic N) is 2. The summed E-state index contributed by atoms with van der Waals surface area (Å²) < 4.78 is 5.88. The Balaban J connectivity index is 2.35. The molecule has 1 N–H and O–H groups in total. The van der Waals surface area contributed by atoms with Crippen molar-refractivity contribution in [1.29, 1.82) is 0 Å². The molecule has 0 atom stereocenters. The lowest BCUT2D eigenvalue weighted by Crippen LogP contribution is -2.41. The lowest BCUT2D eigenvalue weighted by Gasteiger charge is -2.25. The summed E-state index contributed by atoms with van der Waals surface area (Å²) in [6, 6.07) is 0. The van der Waals surface area contributed by atoms with Gasteiger partial charge in [0.15, 0.2) is 5.96 Å². The molecule has 1 aliphatic carbocycles. The third-order valence-electron chi connectivity index (χ3n) is 3.48. The first-order valence-electron chi connectivity index (χ1n) is 7.61. The molecule has 0 aromatic rings. The van der Waals surface area contributed by atoms with Crippen molar-refractivity contribution in [2.45, 2.75) is 38.4 Å². The van der Waals surface area contributed by atoms with Crippen LogP contribution in [0.25, 0.3) is 0 Å². The maximum atomic E-state index is 5.69. The summed E-state index contributed by atoms with van der Waals surface area (Å²) in [6.07, 6.45) is 4.84. The fourth-order valence-corrected chi connectivity index (χ4v) is 1.84. The first-order chi connectivity index (χ1) is 9.48. The Morgan fingerprint density at radius 2 is 2.15 bits per heavy atom. The van der Waals surface area contributed by atoms with Crippen molar-refractivity contribution in [2.75, 3.05) is 46.2 Å². The number of hydrogen-bond acceptors (Lipinski definition) is 3. The molecule has 1 saturated carbocycles. The van der Waals surface area contributed by atoms with Gasteiger partial charge in [0.1, 0.15) is 0 Å². The molecule has 0 unspecified atom stereocenters. The van der Waals surface area contributed by atoms with Crippen LogP contribution < -0.4 is 5.32 Å². The zero-order valence-corrected chi connectivity index (χ0v) is 14.6. The van der Waals surface area contributed by atoms with Crippen molar-refractivity contribution < 1.29 is 4.74 Å². The molecule has 0 aromatic heterocycles. The van der Waals surface area contributed by atoms with Crippen molar-refractivity contribution in [2.24, 2.45) is 10.9 Å². The molecule has 4 nitrogen and oxygen atoms in total. The normalized spacial score (nSPS) is 16.4. The smallest absolute Gasteiger partial charge is 0.193 e. The number of aliphatic imine (C=N–C) groups is 1. The molecule has 0 aromatic carbocycles. The van der Waals surface area contributed by atoms with Gasteiger partial charge in [-0.2, -0.15) is 11.8 Å². The average Bonchev–Trinajstić information content (AvgIpc) is 3.23. The summed E-state index contributed by atoms with van der Waals surface area (Å²) in [7, 11) is 2.08. The first-order valence-corrected chi connectivity index (χ1v) is 8.83. The van der Waals surface area contributed by atoms with Gasteiger partial charge >= 0.3 is 0 Å². The molecule has 1 rings (SSSR count). The molecule has 0 aliphatic heterocycles. The van der Waals surface area contributed by atoms with E-state index in [9.17, 15) is 0 Å². The molecule has 118 valence electrons. The molecule has 0 saturated heterocycles. The van der Waals surface area contributed by atoms with Crippen LogP contribution >= 0.6 is 11.8 Å². The standard InChI is InChI=1S/C15H31N3OS/c1-6-16-14(17-12-15(2,3)20-5)18(4)9-10-19-11-13-7-8-13/h13H,6-12H2,1-5H3,(H,16,17). The zero-order chi connectivity index (χ0) is 15.0. The van der Waals surface area contributed by atoms with Gasteiger partial charge in [0.05, 0.1) is 13.2 Å². The van der Waals surface area contributed by atoms with Crippen LogP contribution in [-0.2, 0) is 4.74 Å². The lowest BCUT2D eigenvalue weighted by atomic mass is 10.2. The molecule has 0 heterocycles. The van der Waals surface area contributed by atoms with Crippen molar-refractivity contribution >= 4 is 17.7 Å². The third-order valence-corrected chi connectivity index (χ3v) is 4.71. The van der Waals surface area contributed by atoms with Crippen molar-refractivity contribution in [3.05, 3.63) is 0 Å². The molecule has 20 heavy (non-hydrogen) atoms. The van der Waals surface area contributed by atoms with E-state index >= 15 is 0 Å². The SMILES string of the molecule is CCNC(=NCC(C)(C)SC)N(C)CCOCC1CC1. The van der Waals surface area contributed by atoms with Crippen molar-refractivity contribution in [3.8, 4) is 0 Å². The van der Waals surface area contributed by atoms with E-state index in [-0.39, 0.29) is 4.75 Å². The molecule has 0 bridgehead atoms. The predicted molar refractivity (Wildman–Crippen MR) is 89.7 cm³/mol. The van der Waals surface area contributed by atoms with E-state index in [4.69, 9.17) is 9.73 Å². The quantitative estimate of drug-likeness (QED) is 0.403. The van der Waals surface area contributed by atoms with Crippen molar-refractivity contribution in [3.63, 3.8) is 0 Å². The highest BCUT2D eigenvalue weighted by Crippen LogP contribution is 2.28. The van der Waals surface area contributed by atoms with Crippen LogP contribution in [0.2, 0.25) is 0 Å². The molecule has 0 radical (unpaired) electrons. The largest absolute Gasteiger partial charge is 0.379 e. The van der Waals surface area contributed by atoms with Crippen LogP contribution in [0.15, 0.2) is 4.99 Å². The summed E-state index contributed by atoms with van der Waals surface area (Å²) in [5.41, 5.74) is 0. The number of hydrogen-bond donors (Lipinski definition) is 1. The Labute approximate surface area is 128 Å². The number of ether oxygens (including phenoxy) is 1. The Morgan fingerprint density at radius 1 is 1.45 bits per heavy atom. The monoisotopic (exact) mass is 301 g/mol. The molecule has 1 aliphatic rings. The second kappa shape index (κ2) is 8.78. The van der Waals surface area contributed by atoms with E-state index < -0.39 is 0 Å². The van der Waals surface area contributed by atoms with Gasteiger partial charge in [-0.15, -0.1) is 0 Å². The predicted octanol–water partition coefficient (Wildman–Crippen LogP) is 2.45. The lowest BCUT2D eigenvalue weighted by molar-refractivity contribution is 0.115. The van der Waals surface area contributed by atoms with Gasteiger partial charge in [0, 0.05) is 31.5 Å². The minimum atomic E-state index is 0.185. The number of likely N-dealkylation sites (N-methyl/N-ethyl adjacent to an activating group) is 1. The summed E-state index contributed by atoms with van der Waals surface area (Å²) in [5, 5.41) is 3.35. The Kier molecular flexibility index (Phi) is 7.74. The van der Waals surface area contributed by atoms with E-state index in [0.29, 0.717) is 0 Å². The zero-order valence-electron chi connectivity index (χ0n) is 13.7. The number of thioether (sulfide) groups is 1. The first kappa shape index (κ1) is 17.6. The Hall–Kier alpha value is -0.420. The molecule has 5 heteroatoms. The van der Waals surface area contributed by atoms with Crippen molar-refractivity contribution in [1.82, 2.24) is 10.2 Å². The summed E-state index contributed by atoms with van der Waals surface area (Å²) in [5.74, 6) is 1.81. The molecular formula is C15H31N3OS. The van der Waals surface area contributed by atoms with Gasteiger partial charge in [-0.25, -0.2) is 0 Å². The number of rotatable bonds is 9. The highest BCUT2D eigenvalue weighted by molar-refractivity contribution is 7.99. The summed E-state index contributed by atoms with van der Waals surface area (Å²) in [6.45, 7) is 10.9. The van der Waals surface area contributed by atoms with Crippen LogP contribution in [0.1, 0.15) is 33.6 Å². The van der Waals surface area contributed by atoms with E-state index in [1.54, 1.807) is 0 Å². The molecular weight excluding hydrogens is 270 g/mol. The molecule has 0 amide bonds. The number of guanidine groups is 1.